The lowest BCUT2D eigenvalue weighted by molar-refractivity contribution is -0.140. The molecule has 0 radical (unpaired) electrons. The molecular formula is C6H7FO3. The summed E-state index contributed by atoms with van der Waals surface area (Å²) >= 11 is 0. The highest BCUT2D eigenvalue weighted by Crippen LogP contribution is 1.91. The number of halogens is 1. The number of aliphatic carboxylic acids is 1. The van der Waals surface area contributed by atoms with E-state index in [1.165, 1.54) is 0 Å². The van der Waals surface area contributed by atoms with E-state index in [-0.39, 0.29) is 12.8 Å². The summed E-state index contributed by atoms with van der Waals surface area (Å²) in [5, 5.41) is 8.04. The molecule has 0 aromatic heterocycles. The summed E-state index contributed by atoms with van der Waals surface area (Å²) in [5.41, 5.74) is 0. The number of carbonyl (C=O) groups excluding carboxylic acids is 1. The van der Waals surface area contributed by atoms with Gasteiger partial charge in [-0.05, 0) is 6.08 Å². The van der Waals surface area contributed by atoms with Crippen molar-refractivity contribution in [3.8, 4) is 0 Å². The van der Waals surface area contributed by atoms with Gasteiger partial charge in [-0.1, -0.05) is 0 Å². The van der Waals surface area contributed by atoms with Crippen LogP contribution in [0.1, 0.15) is 12.8 Å². The molecule has 0 fully saturated rings. The lowest BCUT2D eigenvalue weighted by Crippen LogP contribution is -2.04. The van der Waals surface area contributed by atoms with Crippen LogP contribution in [0.25, 0.3) is 0 Å². The normalized spacial score (nSPS) is 10.1. The van der Waals surface area contributed by atoms with E-state index >= 15 is 0 Å². The van der Waals surface area contributed by atoms with Gasteiger partial charge in [-0.2, -0.15) is 0 Å². The lowest BCUT2D eigenvalue weighted by atomic mass is 10.2. The third kappa shape index (κ3) is 4.96. The van der Waals surface area contributed by atoms with Gasteiger partial charge >= 0.3 is 5.97 Å². The molecule has 1 N–H and O–H groups in total. The Hall–Kier alpha value is -1.19. The van der Waals surface area contributed by atoms with Gasteiger partial charge < -0.3 is 5.11 Å². The van der Waals surface area contributed by atoms with Gasteiger partial charge in [0.1, 0.15) is 12.2 Å². The average Bonchev–Trinajstić information content (AvgIpc) is 1.82. The van der Waals surface area contributed by atoms with E-state index in [1.807, 2.05) is 0 Å². The van der Waals surface area contributed by atoms with Gasteiger partial charge in [-0.25, -0.2) is 4.39 Å². The Labute approximate surface area is 57.2 Å². The molecule has 0 aliphatic carbocycles. The van der Waals surface area contributed by atoms with Crippen LogP contribution in [-0.4, -0.2) is 16.9 Å². The predicted octanol–water partition coefficient (Wildman–Crippen LogP) is 0.904. The zero-order valence-electron chi connectivity index (χ0n) is 5.21. The van der Waals surface area contributed by atoms with E-state index in [2.05, 4.69) is 0 Å². The number of rotatable bonds is 4. The Balaban J connectivity index is 3.54. The Morgan fingerprint density at radius 3 is 2.50 bits per heavy atom. The van der Waals surface area contributed by atoms with E-state index in [0.29, 0.717) is 0 Å². The SMILES string of the molecule is O=C(O)CC(=O)CC=CF. The molecule has 0 heterocycles. The van der Waals surface area contributed by atoms with E-state index in [0.717, 1.165) is 6.08 Å². The first kappa shape index (κ1) is 8.81. The molecule has 3 nitrogen and oxygen atoms in total. The number of carboxylic acids is 1. The van der Waals surface area contributed by atoms with Crippen LogP contribution in [0.2, 0.25) is 0 Å². The maximum Gasteiger partial charge on any atom is 0.310 e. The lowest BCUT2D eigenvalue weighted by Gasteiger charge is -1.88. The summed E-state index contributed by atoms with van der Waals surface area (Å²) < 4.78 is 11.2. The molecule has 0 aromatic rings. The van der Waals surface area contributed by atoms with Gasteiger partial charge in [0.25, 0.3) is 0 Å². The molecule has 0 amide bonds. The van der Waals surface area contributed by atoms with Crippen LogP contribution in [-0.2, 0) is 9.59 Å². The number of hydrogen-bond acceptors (Lipinski definition) is 2. The van der Waals surface area contributed by atoms with Gasteiger partial charge in [0, 0.05) is 6.42 Å². The first-order valence-electron chi connectivity index (χ1n) is 2.65. The van der Waals surface area contributed by atoms with Crippen molar-refractivity contribution in [2.45, 2.75) is 12.8 Å². The number of hydrogen-bond donors (Lipinski definition) is 1. The fourth-order valence-corrected chi connectivity index (χ4v) is 0.417. The first-order valence-corrected chi connectivity index (χ1v) is 2.65. The van der Waals surface area contributed by atoms with E-state index in [1.54, 1.807) is 0 Å². The molecule has 0 unspecified atom stereocenters. The van der Waals surface area contributed by atoms with Crippen LogP contribution in [0.5, 0.6) is 0 Å². The zero-order chi connectivity index (χ0) is 7.98. The second-order valence-electron chi connectivity index (χ2n) is 1.68. The average molecular weight is 146 g/mol. The van der Waals surface area contributed by atoms with Crippen molar-refractivity contribution in [3.05, 3.63) is 12.4 Å². The van der Waals surface area contributed by atoms with Crippen LogP contribution in [0.15, 0.2) is 12.4 Å². The van der Waals surface area contributed by atoms with Gasteiger partial charge in [0.05, 0.1) is 6.33 Å². The minimum atomic E-state index is -1.18. The molecule has 0 saturated carbocycles. The summed E-state index contributed by atoms with van der Waals surface area (Å²) in [6.07, 6.45) is 0.512. The molecule has 0 aliphatic rings. The number of ketones is 1. The molecule has 10 heavy (non-hydrogen) atoms. The van der Waals surface area contributed by atoms with Crippen LogP contribution in [0.3, 0.4) is 0 Å². The van der Waals surface area contributed by atoms with Crippen molar-refractivity contribution >= 4 is 11.8 Å². The summed E-state index contributed by atoms with van der Waals surface area (Å²) in [4.78, 5) is 20.2. The van der Waals surface area contributed by atoms with Crippen LogP contribution in [0, 0.1) is 0 Å². The molecule has 0 rings (SSSR count). The van der Waals surface area contributed by atoms with Gasteiger partial charge in [0.15, 0.2) is 0 Å². The summed E-state index contributed by atoms with van der Waals surface area (Å²) in [5.74, 6) is -1.68. The smallest absolute Gasteiger partial charge is 0.310 e. The molecule has 4 heteroatoms. The summed E-state index contributed by atoms with van der Waals surface area (Å²) in [7, 11) is 0. The maximum absolute atomic E-state index is 11.2. The molecule has 0 aromatic carbocycles. The summed E-state index contributed by atoms with van der Waals surface area (Å²) in [6.45, 7) is 0. The summed E-state index contributed by atoms with van der Waals surface area (Å²) in [6, 6.07) is 0. The number of Topliss-reactive ketones (excluding diaryl/α,β-unsaturated/α-hetero) is 1. The molecule has 0 atom stereocenters. The third-order valence-electron chi connectivity index (χ3n) is 0.783. The van der Waals surface area contributed by atoms with Gasteiger partial charge in [-0.3, -0.25) is 9.59 Å². The number of allylic oxidation sites excluding steroid dienone is 1. The highest BCUT2D eigenvalue weighted by Gasteiger charge is 2.04. The second-order valence-corrected chi connectivity index (χ2v) is 1.68. The highest BCUT2D eigenvalue weighted by molar-refractivity contribution is 5.95. The van der Waals surface area contributed by atoms with Crippen LogP contribution >= 0.6 is 0 Å². The monoisotopic (exact) mass is 146 g/mol. The predicted molar refractivity (Wildman–Crippen MR) is 32.1 cm³/mol. The Morgan fingerprint density at radius 1 is 1.50 bits per heavy atom. The first-order chi connectivity index (χ1) is 4.66. The molecule has 0 saturated heterocycles. The molecule has 56 valence electrons. The Morgan fingerprint density at radius 2 is 2.10 bits per heavy atom. The van der Waals surface area contributed by atoms with Crippen molar-refractivity contribution < 1.29 is 19.1 Å². The fraction of sp³-hybridized carbons (Fsp3) is 0.333. The zero-order valence-corrected chi connectivity index (χ0v) is 5.21. The van der Waals surface area contributed by atoms with Crippen molar-refractivity contribution in [2.75, 3.05) is 0 Å². The van der Waals surface area contributed by atoms with Crippen LogP contribution in [0.4, 0.5) is 4.39 Å². The van der Waals surface area contributed by atoms with Gasteiger partial charge in [-0.15, -0.1) is 0 Å². The third-order valence-corrected chi connectivity index (χ3v) is 0.783. The number of carboxylic acid groups (broad SMARTS) is 1. The quantitative estimate of drug-likeness (QED) is 0.599. The minimum Gasteiger partial charge on any atom is -0.481 e. The van der Waals surface area contributed by atoms with E-state index < -0.39 is 18.2 Å². The van der Waals surface area contributed by atoms with E-state index in [9.17, 15) is 14.0 Å². The second kappa shape index (κ2) is 4.67. The van der Waals surface area contributed by atoms with Gasteiger partial charge in [0.2, 0.25) is 0 Å². The molecule has 0 spiro atoms. The van der Waals surface area contributed by atoms with Crippen molar-refractivity contribution in [1.29, 1.82) is 0 Å². The van der Waals surface area contributed by atoms with Crippen molar-refractivity contribution in [1.82, 2.24) is 0 Å². The minimum absolute atomic E-state index is 0.150. The topological polar surface area (TPSA) is 54.4 Å². The Bertz CT molecular complexity index is 162. The Kier molecular flexibility index (Phi) is 4.11. The fourth-order valence-electron chi connectivity index (χ4n) is 0.417. The largest absolute Gasteiger partial charge is 0.481 e. The van der Waals surface area contributed by atoms with Crippen molar-refractivity contribution in [3.63, 3.8) is 0 Å². The highest BCUT2D eigenvalue weighted by atomic mass is 19.1. The molecule has 0 bridgehead atoms. The van der Waals surface area contributed by atoms with Crippen molar-refractivity contribution in [2.24, 2.45) is 0 Å². The maximum atomic E-state index is 11.2. The van der Waals surface area contributed by atoms with Crippen LogP contribution < -0.4 is 0 Å². The number of carbonyl (C=O) groups is 2. The molecular weight excluding hydrogens is 139 g/mol. The van der Waals surface area contributed by atoms with E-state index in [4.69, 9.17) is 5.11 Å². The standard InChI is InChI=1S/C6H7FO3/c7-3-1-2-5(8)4-6(9)10/h1,3H,2,4H2,(H,9,10). The molecule has 0 aliphatic heterocycles.